The number of para-hydroxylation sites is 1. The smallest absolute Gasteiger partial charge is 0.160 e. The Hall–Kier alpha value is -7.36. The third kappa shape index (κ3) is 5.45. The second-order valence-corrected chi connectivity index (χ2v) is 14.2. The van der Waals surface area contributed by atoms with E-state index in [0.29, 0.717) is 5.82 Å². The van der Waals surface area contributed by atoms with Crippen LogP contribution in [0.1, 0.15) is 0 Å². The van der Waals surface area contributed by atoms with Crippen molar-refractivity contribution in [3.05, 3.63) is 194 Å². The van der Waals surface area contributed by atoms with E-state index in [1.165, 1.54) is 38.4 Å². The van der Waals surface area contributed by atoms with Gasteiger partial charge >= 0.3 is 0 Å². The maximum absolute atomic E-state index is 6.72. The first-order valence-corrected chi connectivity index (χ1v) is 18.6. The topological polar surface area (TPSA) is 38.9 Å². The van der Waals surface area contributed by atoms with Crippen molar-refractivity contribution in [2.75, 3.05) is 0 Å². The SMILES string of the molecule is c1ccc(-c2ccc(-c3nc(-c4cc(-c5ccc(-c6ccc7ccccc7c6)cc5)c5c(c4)oc4cc6ccccc6cc45)nc4ccccc34)cc2)cc1. The molecule has 3 nitrogen and oxygen atoms in total. The summed E-state index contributed by atoms with van der Waals surface area (Å²) in [5, 5.41) is 7.99. The van der Waals surface area contributed by atoms with Gasteiger partial charge in [0.1, 0.15) is 11.2 Å². The molecule has 2 heterocycles. The van der Waals surface area contributed by atoms with Gasteiger partial charge in [-0.1, -0.05) is 158 Å². The highest BCUT2D eigenvalue weighted by Gasteiger charge is 2.19. The summed E-state index contributed by atoms with van der Waals surface area (Å²) in [6, 6.07) is 68.7. The van der Waals surface area contributed by atoms with Crippen LogP contribution >= 0.6 is 0 Å². The Morgan fingerprint density at radius 3 is 1.69 bits per heavy atom. The van der Waals surface area contributed by atoms with E-state index in [4.69, 9.17) is 14.4 Å². The van der Waals surface area contributed by atoms with Gasteiger partial charge < -0.3 is 4.42 Å². The summed E-state index contributed by atoms with van der Waals surface area (Å²) < 4.78 is 6.72. The molecule has 0 amide bonds. The number of hydrogen-bond donors (Lipinski definition) is 0. The predicted octanol–water partition coefficient (Wildman–Crippen LogP) is 14.2. The molecule has 0 saturated carbocycles. The zero-order valence-corrected chi connectivity index (χ0v) is 29.8. The largest absolute Gasteiger partial charge is 0.456 e. The van der Waals surface area contributed by atoms with Gasteiger partial charge in [0.2, 0.25) is 0 Å². The van der Waals surface area contributed by atoms with Gasteiger partial charge in [0, 0.05) is 27.3 Å². The van der Waals surface area contributed by atoms with E-state index in [9.17, 15) is 0 Å². The first-order chi connectivity index (χ1) is 27.2. The zero-order chi connectivity index (χ0) is 36.3. The van der Waals surface area contributed by atoms with Gasteiger partial charge in [-0.05, 0) is 91.3 Å². The van der Waals surface area contributed by atoms with E-state index in [2.05, 4.69) is 182 Å². The molecule has 11 aromatic rings. The molecule has 2 aromatic heterocycles. The van der Waals surface area contributed by atoms with Crippen molar-refractivity contribution in [3.8, 4) is 56.0 Å². The summed E-state index contributed by atoms with van der Waals surface area (Å²) in [5.74, 6) is 0.655. The van der Waals surface area contributed by atoms with Gasteiger partial charge in [-0.25, -0.2) is 9.97 Å². The number of hydrogen-bond acceptors (Lipinski definition) is 3. The monoisotopic (exact) mass is 700 g/mol. The molecule has 0 aliphatic heterocycles. The van der Waals surface area contributed by atoms with Crippen LogP contribution in [0.15, 0.2) is 199 Å². The molecule has 9 aromatic carbocycles. The maximum Gasteiger partial charge on any atom is 0.160 e. The summed E-state index contributed by atoms with van der Waals surface area (Å²) in [4.78, 5) is 10.5. The van der Waals surface area contributed by atoms with Gasteiger partial charge in [-0.15, -0.1) is 0 Å². The van der Waals surface area contributed by atoms with Crippen LogP contribution in [-0.4, -0.2) is 9.97 Å². The summed E-state index contributed by atoms with van der Waals surface area (Å²) in [7, 11) is 0. The molecule has 0 spiro atoms. The third-order valence-electron chi connectivity index (χ3n) is 10.8. The van der Waals surface area contributed by atoms with Crippen LogP contribution in [-0.2, 0) is 0 Å². The van der Waals surface area contributed by atoms with Gasteiger partial charge in [-0.2, -0.15) is 0 Å². The van der Waals surface area contributed by atoms with Gasteiger partial charge in [0.25, 0.3) is 0 Å². The molecule has 0 unspecified atom stereocenters. The second-order valence-electron chi connectivity index (χ2n) is 14.2. The Labute approximate surface area is 317 Å². The van der Waals surface area contributed by atoms with Crippen LogP contribution in [0.4, 0.5) is 0 Å². The van der Waals surface area contributed by atoms with Crippen molar-refractivity contribution in [1.82, 2.24) is 9.97 Å². The normalized spacial score (nSPS) is 11.6. The fourth-order valence-corrected chi connectivity index (χ4v) is 8.04. The van der Waals surface area contributed by atoms with Crippen LogP contribution in [0.2, 0.25) is 0 Å². The minimum atomic E-state index is 0.655. The summed E-state index contributed by atoms with van der Waals surface area (Å²) in [6.45, 7) is 0. The van der Waals surface area contributed by atoms with Crippen molar-refractivity contribution >= 4 is 54.4 Å². The Kier molecular flexibility index (Phi) is 7.17. The Morgan fingerprint density at radius 1 is 0.327 bits per heavy atom. The lowest BCUT2D eigenvalue weighted by atomic mass is 9.94. The van der Waals surface area contributed by atoms with E-state index in [-0.39, 0.29) is 0 Å². The van der Waals surface area contributed by atoms with Crippen molar-refractivity contribution in [1.29, 1.82) is 0 Å². The number of furan rings is 1. The number of fused-ring (bicyclic) bond motifs is 6. The maximum atomic E-state index is 6.72. The molecule has 3 heteroatoms. The lowest BCUT2D eigenvalue weighted by molar-refractivity contribution is 0.669. The molecule has 0 aliphatic rings. The standard InChI is InChI=1S/C52H32N2O/c1-2-10-33(11-3-1)35-20-25-38(26-21-35)51-44-16-8-9-17-47(44)53-52(54-51)43-30-45(50-46-29-40-14-6-7-15-41(40)31-48(46)55-49(50)32-43)37-23-18-36(19-24-37)42-27-22-34-12-4-5-13-39(34)28-42/h1-32H. The summed E-state index contributed by atoms with van der Waals surface area (Å²) in [5.41, 5.74) is 12.3. The predicted molar refractivity (Wildman–Crippen MR) is 229 cm³/mol. The average molecular weight is 701 g/mol. The fraction of sp³-hybridized carbons (Fsp3) is 0. The third-order valence-corrected chi connectivity index (χ3v) is 10.8. The van der Waals surface area contributed by atoms with Crippen molar-refractivity contribution in [3.63, 3.8) is 0 Å². The molecule has 0 fully saturated rings. The molecule has 0 bridgehead atoms. The Bertz CT molecular complexity index is 3230. The van der Waals surface area contributed by atoms with E-state index >= 15 is 0 Å². The molecular weight excluding hydrogens is 669 g/mol. The first-order valence-electron chi connectivity index (χ1n) is 18.6. The molecule has 0 N–H and O–H groups in total. The number of benzene rings is 9. The molecule has 0 saturated heterocycles. The van der Waals surface area contributed by atoms with Gasteiger partial charge in [0.15, 0.2) is 5.82 Å². The van der Waals surface area contributed by atoms with Crippen molar-refractivity contribution in [2.45, 2.75) is 0 Å². The average Bonchev–Trinajstić information content (AvgIpc) is 3.62. The Morgan fingerprint density at radius 2 is 0.909 bits per heavy atom. The lowest BCUT2D eigenvalue weighted by Gasteiger charge is -2.12. The highest BCUT2D eigenvalue weighted by atomic mass is 16.3. The molecule has 55 heavy (non-hydrogen) atoms. The lowest BCUT2D eigenvalue weighted by Crippen LogP contribution is -1.96. The van der Waals surface area contributed by atoms with Crippen LogP contribution in [0.5, 0.6) is 0 Å². The number of aromatic nitrogens is 2. The van der Waals surface area contributed by atoms with Crippen LogP contribution < -0.4 is 0 Å². The van der Waals surface area contributed by atoms with Gasteiger partial charge in [0.05, 0.1) is 11.2 Å². The van der Waals surface area contributed by atoms with Gasteiger partial charge in [-0.3, -0.25) is 0 Å². The number of rotatable bonds is 5. The van der Waals surface area contributed by atoms with E-state index in [1.807, 2.05) is 12.1 Å². The van der Waals surface area contributed by atoms with Crippen molar-refractivity contribution < 1.29 is 4.42 Å². The van der Waals surface area contributed by atoms with Crippen LogP contribution in [0.3, 0.4) is 0 Å². The highest BCUT2D eigenvalue weighted by Crippen LogP contribution is 2.42. The van der Waals surface area contributed by atoms with Crippen molar-refractivity contribution in [2.24, 2.45) is 0 Å². The minimum absolute atomic E-state index is 0.655. The Balaban J connectivity index is 1.09. The minimum Gasteiger partial charge on any atom is -0.456 e. The molecular formula is C52H32N2O. The van der Waals surface area contributed by atoms with Crippen LogP contribution in [0.25, 0.3) is 110 Å². The van der Waals surface area contributed by atoms with E-state index in [0.717, 1.165) is 66.2 Å². The van der Waals surface area contributed by atoms with E-state index < -0.39 is 0 Å². The number of nitrogens with zero attached hydrogens (tertiary/aromatic N) is 2. The van der Waals surface area contributed by atoms with Crippen LogP contribution in [0, 0.1) is 0 Å². The quantitative estimate of drug-likeness (QED) is 0.179. The molecule has 0 aliphatic carbocycles. The first kappa shape index (κ1) is 31.2. The second kappa shape index (κ2) is 12.6. The summed E-state index contributed by atoms with van der Waals surface area (Å²) in [6.07, 6.45) is 0. The summed E-state index contributed by atoms with van der Waals surface area (Å²) >= 11 is 0. The fourth-order valence-electron chi connectivity index (χ4n) is 8.04. The molecule has 0 atom stereocenters. The molecule has 0 radical (unpaired) electrons. The highest BCUT2D eigenvalue weighted by molar-refractivity contribution is 6.16. The molecule has 11 rings (SSSR count). The zero-order valence-electron chi connectivity index (χ0n) is 29.8. The van der Waals surface area contributed by atoms with E-state index in [1.54, 1.807) is 0 Å². The molecule has 256 valence electrons.